The second kappa shape index (κ2) is 8.90. The molecule has 1 aliphatic rings. The van der Waals surface area contributed by atoms with E-state index < -0.39 is 0 Å². The maximum atomic E-state index is 12.9. The molecule has 0 spiro atoms. The zero-order valence-electron chi connectivity index (χ0n) is 16.4. The smallest absolute Gasteiger partial charge is 0.287 e. The number of hydrogen-bond donors (Lipinski definition) is 2. The average molecular weight is 390 g/mol. The topological polar surface area (TPSA) is 75.5 Å². The maximum Gasteiger partial charge on any atom is 0.287 e. The molecule has 0 atom stereocenters. The summed E-state index contributed by atoms with van der Waals surface area (Å²) in [6.45, 7) is 0.408. The minimum absolute atomic E-state index is 0.181. The standard InChI is InChI=1S/C23H26N4O2/c28-22(25-18-12-6-1-2-7-13-18)20-19-14-8-9-15-27(19)21(26-20)23(29)24-16-17-10-4-3-5-11-17/h3-5,8-11,14-15,18H,1-2,6-7,12-13,16H2,(H,24,29)(H,25,28). The van der Waals surface area contributed by atoms with E-state index in [2.05, 4.69) is 15.6 Å². The Morgan fingerprint density at radius 1 is 0.931 bits per heavy atom. The number of nitrogens with one attached hydrogen (secondary N) is 2. The lowest BCUT2D eigenvalue weighted by Crippen LogP contribution is -2.34. The Morgan fingerprint density at radius 2 is 1.66 bits per heavy atom. The van der Waals surface area contributed by atoms with Gasteiger partial charge in [0.05, 0.1) is 5.52 Å². The number of aromatic nitrogens is 2. The summed E-state index contributed by atoms with van der Waals surface area (Å²) in [7, 11) is 0. The van der Waals surface area contributed by atoms with E-state index in [1.807, 2.05) is 48.5 Å². The first-order valence-corrected chi connectivity index (χ1v) is 10.3. The molecule has 6 nitrogen and oxygen atoms in total. The third kappa shape index (κ3) is 4.47. The van der Waals surface area contributed by atoms with E-state index in [0.717, 1.165) is 31.2 Å². The Morgan fingerprint density at radius 3 is 2.41 bits per heavy atom. The van der Waals surface area contributed by atoms with Gasteiger partial charge < -0.3 is 10.6 Å². The van der Waals surface area contributed by atoms with Crippen molar-refractivity contribution in [1.29, 1.82) is 0 Å². The number of pyridine rings is 1. The molecule has 0 saturated heterocycles. The lowest BCUT2D eigenvalue weighted by atomic mass is 10.1. The molecular formula is C23H26N4O2. The van der Waals surface area contributed by atoms with Crippen LogP contribution in [0.2, 0.25) is 0 Å². The van der Waals surface area contributed by atoms with Crippen LogP contribution in [0.25, 0.3) is 5.52 Å². The van der Waals surface area contributed by atoms with Crippen LogP contribution >= 0.6 is 0 Å². The van der Waals surface area contributed by atoms with Crippen molar-refractivity contribution in [2.24, 2.45) is 0 Å². The minimum atomic E-state index is -0.302. The van der Waals surface area contributed by atoms with Gasteiger partial charge in [-0.15, -0.1) is 0 Å². The van der Waals surface area contributed by atoms with Crippen molar-refractivity contribution in [1.82, 2.24) is 20.0 Å². The van der Waals surface area contributed by atoms with E-state index in [-0.39, 0.29) is 23.7 Å². The number of carbonyl (C=O) groups is 2. The molecule has 1 saturated carbocycles. The number of amides is 2. The molecule has 1 fully saturated rings. The molecule has 3 aromatic rings. The van der Waals surface area contributed by atoms with E-state index >= 15 is 0 Å². The molecule has 1 aromatic carbocycles. The lowest BCUT2D eigenvalue weighted by molar-refractivity contribution is 0.0930. The fraction of sp³-hybridized carbons (Fsp3) is 0.348. The van der Waals surface area contributed by atoms with E-state index in [4.69, 9.17) is 0 Å². The predicted molar refractivity (Wildman–Crippen MR) is 112 cm³/mol. The van der Waals surface area contributed by atoms with Crippen LogP contribution in [0.3, 0.4) is 0 Å². The lowest BCUT2D eigenvalue weighted by Gasteiger charge is -2.15. The molecule has 2 aromatic heterocycles. The first-order valence-electron chi connectivity index (χ1n) is 10.3. The monoisotopic (exact) mass is 390 g/mol. The van der Waals surface area contributed by atoms with E-state index in [1.54, 1.807) is 10.6 Å². The molecule has 1 aliphatic carbocycles. The van der Waals surface area contributed by atoms with Crippen LogP contribution in [-0.2, 0) is 6.54 Å². The van der Waals surface area contributed by atoms with Gasteiger partial charge >= 0.3 is 0 Å². The summed E-state index contributed by atoms with van der Waals surface area (Å²) in [6.07, 6.45) is 8.51. The van der Waals surface area contributed by atoms with Crippen LogP contribution in [0.4, 0.5) is 0 Å². The molecule has 0 bridgehead atoms. The summed E-state index contributed by atoms with van der Waals surface area (Å²) in [5.74, 6) is -0.283. The van der Waals surface area contributed by atoms with Crippen molar-refractivity contribution in [3.63, 3.8) is 0 Å². The highest BCUT2D eigenvalue weighted by Gasteiger charge is 2.23. The van der Waals surface area contributed by atoms with Gasteiger partial charge in [0.2, 0.25) is 5.82 Å². The first-order chi connectivity index (χ1) is 14.2. The highest BCUT2D eigenvalue weighted by molar-refractivity contribution is 6.02. The van der Waals surface area contributed by atoms with Gasteiger partial charge in [0.1, 0.15) is 0 Å². The Bertz CT molecular complexity index is 989. The molecule has 2 heterocycles. The molecule has 6 heteroatoms. The fourth-order valence-corrected chi connectivity index (χ4v) is 3.90. The minimum Gasteiger partial charge on any atom is -0.348 e. The van der Waals surface area contributed by atoms with Crippen LogP contribution in [0.5, 0.6) is 0 Å². The van der Waals surface area contributed by atoms with Gasteiger partial charge in [-0.25, -0.2) is 4.98 Å². The van der Waals surface area contributed by atoms with Crippen LogP contribution in [0, 0.1) is 0 Å². The second-order valence-corrected chi connectivity index (χ2v) is 7.57. The van der Waals surface area contributed by atoms with Gasteiger partial charge in [-0.2, -0.15) is 0 Å². The quantitative estimate of drug-likeness (QED) is 0.652. The van der Waals surface area contributed by atoms with Crippen molar-refractivity contribution in [2.45, 2.75) is 51.1 Å². The molecule has 0 radical (unpaired) electrons. The van der Waals surface area contributed by atoms with Crippen molar-refractivity contribution in [3.05, 3.63) is 71.8 Å². The number of benzene rings is 1. The van der Waals surface area contributed by atoms with Gasteiger partial charge in [0, 0.05) is 18.8 Å². The van der Waals surface area contributed by atoms with E-state index in [9.17, 15) is 9.59 Å². The Balaban J connectivity index is 1.54. The summed E-state index contributed by atoms with van der Waals surface area (Å²) in [5, 5.41) is 6.03. The Labute approximate surface area is 170 Å². The van der Waals surface area contributed by atoms with E-state index in [1.165, 1.54) is 12.8 Å². The van der Waals surface area contributed by atoms with E-state index in [0.29, 0.717) is 17.8 Å². The van der Waals surface area contributed by atoms with Gasteiger partial charge in [-0.1, -0.05) is 62.1 Å². The maximum absolute atomic E-state index is 12.9. The molecule has 2 N–H and O–H groups in total. The summed E-state index contributed by atoms with van der Waals surface area (Å²) in [6, 6.07) is 15.4. The number of nitrogens with zero attached hydrogens (tertiary/aromatic N) is 2. The van der Waals surface area contributed by atoms with Crippen molar-refractivity contribution >= 4 is 17.3 Å². The van der Waals surface area contributed by atoms with Crippen molar-refractivity contribution in [2.75, 3.05) is 0 Å². The first kappa shape index (κ1) is 19.2. The zero-order chi connectivity index (χ0) is 20.1. The summed E-state index contributed by atoms with van der Waals surface area (Å²) < 4.78 is 1.68. The van der Waals surface area contributed by atoms with Crippen molar-refractivity contribution in [3.8, 4) is 0 Å². The third-order valence-electron chi connectivity index (χ3n) is 5.45. The summed E-state index contributed by atoms with van der Waals surface area (Å²) in [5.41, 5.74) is 1.95. The van der Waals surface area contributed by atoms with Gasteiger partial charge in [0.15, 0.2) is 5.69 Å². The van der Waals surface area contributed by atoms with Gasteiger partial charge in [0.25, 0.3) is 11.8 Å². The van der Waals surface area contributed by atoms with Crippen LogP contribution < -0.4 is 10.6 Å². The molecule has 150 valence electrons. The molecule has 4 rings (SSSR count). The molecule has 0 unspecified atom stereocenters. The number of carbonyl (C=O) groups excluding carboxylic acids is 2. The van der Waals surface area contributed by atoms with Crippen LogP contribution in [-0.4, -0.2) is 27.2 Å². The third-order valence-corrected chi connectivity index (χ3v) is 5.45. The highest BCUT2D eigenvalue weighted by atomic mass is 16.2. The largest absolute Gasteiger partial charge is 0.348 e. The fourth-order valence-electron chi connectivity index (χ4n) is 3.90. The number of rotatable bonds is 5. The zero-order valence-corrected chi connectivity index (χ0v) is 16.4. The summed E-state index contributed by atoms with van der Waals surface area (Å²) in [4.78, 5) is 30.1. The number of imidazole rings is 1. The average Bonchev–Trinajstić information content (AvgIpc) is 2.96. The molecule has 2 amide bonds. The SMILES string of the molecule is O=C(NC1CCCCCC1)c1nc(C(=O)NCc2ccccc2)n2ccccc12. The summed E-state index contributed by atoms with van der Waals surface area (Å²) >= 11 is 0. The number of hydrogen-bond acceptors (Lipinski definition) is 3. The second-order valence-electron chi connectivity index (χ2n) is 7.57. The Hall–Kier alpha value is -3.15. The van der Waals surface area contributed by atoms with Gasteiger partial charge in [-0.05, 0) is 30.5 Å². The highest BCUT2D eigenvalue weighted by Crippen LogP contribution is 2.19. The Kier molecular flexibility index (Phi) is 5.89. The molecule has 0 aliphatic heterocycles. The number of fused-ring (bicyclic) bond motifs is 1. The molecular weight excluding hydrogens is 364 g/mol. The predicted octanol–water partition coefficient (Wildman–Crippen LogP) is 3.72. The van der Waals surface area contributed by atoms with Crippen LogP contribution in [0.15, 0.2) is 54.7 Å². The van der Waals surface area contributed by atoms with Crippen LogP contribution in [0.1, 0.15) is 65.2 Å². The van der Waals surface area contributed by atoms with Gasteiger partial charge in [-0.3, -0.25) is 14.0 Å². The normalized spacial score (nSPS) is 15.0. The molecule has 29 heavy (non-hydrogen) atoms. The van der Waals surface area contributed by atoms with Crippen molar-refractivity contribution < 1.29 is 9.59 Å².